The molecule has 8 nitrogen and oxygen atoms in total. The highest BCUT2D eigenvalue weighted by atomic mass is 16.5. The zero-order chi connectivity index (χ0) is 17.4. The lowest BCUT2D eigenvalue weighted by Gasteiger charge is -2.36. The van der Waals surface area contributed by atoms with E-state index in [1.54, 1.807) is 13.2 Å². The second-order valence-electron chi connectivity index (χ2n) is 5.64. The molecule has 1 aromatic rings. The van der Waals surface area contributed by atoms with Gasteiger partial charge in [-0.05, 0) is 18.9 Å². The van der Waals surface area contributed by atoms with E-state index in [1.165, 1.54) is 12.3 Å². The van der Waals surface area contributed by atoms with Crippen LogP contribution in [0.1, 0.15) is 29.6 Å². The van der Waals surface area contributed by atoms with Gasteiger partial charge in [0.15, 0.2) is 0 Å². The Bertz CT molecular complexity index is 571. The van der Waals surface area contributed by atoms with Gasteiger partial charge in [0.25, 0.3) is 5.91 Å². The molecule has 132 valence electrons. The van der Waals surface area contributed by atoms with Crippen molar-refractivity contribution in [2.24, 2.45) is 0 Å². The smallest absolute Gasteiger partial charge is 0.305 e. The molecule has 1 aliphatic heterocycles. The highest BCUT2D eigenvalue weighted by molar-refractivity contribution is 5.95. The molecule has 1 aliphatic rings. The molecule has 2 N–H and O–H groups in total. The molecule has 0 atom stereocenters. The van der Waals surface area contributed by atoms with Crippen molar-refractivity contribution in [3.8, 4) is 5.88 Å². The summed E-state index contributed by atoms with van der Waals surface area (Å²) < 4.78 is 15.6. The summed E-state index contributed by atoms with van der Waals surface area (Å²) in [5.41, 5.74) is -0.421. The Morgan fingerprint density at radius 3 is 2.79 bits per heavy atom. The summed E-state index contributed by atoms with van der Waals surface area (Å²) in [4.78, 5) is 27.7. The number of hydrogen-bond acceptors (Lipinski definition) is 6. The van der Waals surface area contributed by atoms with Gasteiger partial charge in [-0.3, -0.25) is 9.59 Å². The van der Waals surface area contributed by atoms with E-state index in [-0.39, 0.29) is 12.3 Å². The van der Waals surface area contributed by atoms with Crippen LogP contribution in [0, 0.1) is 0 Å². The number of rotatable bonds is 8. The van der Waals surface area contributed by atoms with Crippen LogP contribution in [0.2, 0.25) is 0 Å². The largest absolute Gasteiger partial charge is 0.481 e. The summed E-state index contributed by atoms with van der Waals surface area (Å²) in [5.74, 6) is -0.980. The predicted molar refractivity (Wildman–Crippen MR) is 84.1 cm³/mol. The van der Waals surface area contributed by atoms with Crippen molar-refractivity contribution in [3.05, 3.63) is 23.9 Å². The molecule has 1 saturated heterocycles. The lowest BCUT2D eigenvalue weighted by Crippen LogP contribution is -2.53. The van der Waals surface area contributed by atoms with E-state index in [0.717, 1.165) is 0 Å². The van der Waals surface area contributed by atoms with Gasteiger partial charge in [-0.2, -0.15) is 0 Å². The van der Waals surface area contributed by atoms with Crippen molar-refractivity contribution in [1.29, 1.82) is 0 Å². The molecular formula is C16H22N2O6. The summed E-state index contributed by atoms with van der Waals surface area (Å²) in [6.45, 7) is 1.60. The molecule has 0 aromatic carbocycles. The maximum absolute atomic E-state index is 12.5. The first kappa shape index (κ1) is 18.2. The molecule has 24 heavy (non-hydrogen) atoms. The Morgan fingerprint density at radius 1 is 1.38 bits per heavy atom. The molecular weight excluding hydrogens is 316 g/mol. The van der Waals surface area contributed by atoms with E-state index >= 15 is 0 Å². The average molecular weight is 338 g/mol. The van der Waals surface area contributed by atoms with Gasteiger partial charge in [-0.15, -0.1) is 0 Å². The second-order valence-corrected chi connectivity index (χ2v) is 5.64. The second kappa shape index (κ2) is 8.60. The molecule has 0 bridgehead atoms. The number of amides is 1. The molecule has 0 unspecified atom stereocenters. The minimum atomic E-state index is -0.949. The Morgan fingerprint density at radius 2 is 2.12 bits per heavy atom. The first-order valence-electron chi connectivity index (χ1n) is 7.74. The van der Waals surface area contributed by atoms with Crippen molar-refractivity contribution in [2.45, 2.75) is 24.8 Å². The summed E-state index contributed by atoms with van der Waals surface area (Å²) in [6.07, 6.45) is 2.27. The molecule has 8 heteroatoms. The van der Waals surface area contributed by atoms with Crippen LogP contribution in [-0.2, 0) is 14.3 Å². The van der Waals surface area contributed by atoms with Gasteiger partial charge in [0.05, 0.1) is 18.6 Å². The number of aromatic nitrogens is 1. The molecule has 0 spiro atoms. The molecule has 0 radical (unpaired) electrons. The SMILES string of the molecule is COCCOc1cc(C(=O)NC2(CC(=O)O)CCOCC2)ccn1. The molecule has 1 fully saturated rings. The quantitative estimate of drug-likeness (QED) is 0.677. The predicted octanol–water partition coefficient (Wildman–Crippen LogP) is 0.860. The van der Waals surface area contributed by atoms with E-state index in [9.17, 15) is 9.59 Å². The lowest BCUT2D eigenvalue weighted by atomic mass is 9.86. The molecule has 0 saturated carbocycles. The summed E-state index contributed by atoms with van der Waals surface area (Å²) in [7, 11) is 1.57. The van der Waals surface area contributed by atoms with Crippen molar-refractivity contribution < 1.29 is 28.9 Å². The fourth-order valence-corrected chi connectivity index (χ4v) is 2.57. The number of carboxylic acid groups (broad SMARTS) is 1. The number of aliphatic carboxylic acids is 1. The minimum absolute atomic E-state index is 0.135. The van der Waals surface area contributed by atoms with Gasteiger partial charge in [-0.1, -0.05) is 0 Å². The van der Waals surface area contributed by atoms with Crippen LogP contribution in [0.4, 0.5) is 0 Å². The first-order chi connectivity index (χ1) is 11.5. The van der Waals surface area contributed by atoms with Crippen molar-refractivity contribution >= 4 is 11.9 Å². The van der Waals surface area contributed by atoms with Crippen LogP contribution in [0.5, 0.6) is 5.88 Å². The van der Waals surface area contributed by atoms with Crippen LogP contribution in [0.15, 0.2) is 18.3 Å². The Balaban J connectivity index is 2.06. The van der Waals surface area contributed by atoms with Gasteiger partial charge in [0.2, 0.25) is 5.88 Å². The maximum Gasteiger partial charge on any atom is 0.305 e. The van der Waals surface area contributed by atoms with Crippen LogP contribution in [-0.4, -0.2) is 61.0 Å². The summed E-state index contributed by atoms with van der Waals surface area (Å²) >= 11 is 0. The number of ether oxygens (including phenoxy) is 3. The first-order valence-corrected chi connectivity index (χ1v) is 7.74. The molecule has 2 rings (SSSR count). The minimum Gasteiger partial charge on any atom is -0.481 e. The van der Waals surface area contributed by atoms with Crippen LogP contribution >= 0.6 is 0 Å². The third kappa shape index (κ3) is 5.17. The fraction of sp³-hybridized carbons (Fsp3) is 0.562. The van der Waals surface area contributed by atoms with E-state index in [0.29, 0.717) is 50.7 Å². The third-order valence-corrected chi connectivity index (χ3v) is 3.85. The summed E-state index contributed by atoms with van der Waals surface area (Å²) in [5, 5.41) is 12.0. The number of carbonyl (C=O) groups is 2. The van der Waals surface area contributed by atoms with Gasteiger partial charge >= 0.3 is 5.97 Å². The van der Waals surface area contributed by atoms with E-state index < -0.39 is 11.5 Å². The lowest BCUT2D eigenvalue weighted by molar-refractivity contribution is -0.139. The third-order valence-electron chi connectivity index (χ3n) is 3.85. The van der Waals surface area contributed by atoms with E-state index in [4.69, 9.17) is 19.3 Å². The Hall–Kier alpha value is -2.19. The monoisotopic (exact) mass is 338 g/mol. The number of carbonyl (C=O) groups excluding carboxylic acids is 1. The topological polar surface area (TPSA) is 107 Å². The normalized spacial score (nSPS) is 16.4. The summed E-state index contributed by atoms with van der Waals surface area (Å²) in [6, 6.07) is 3.09. The van der Waals surface area contributed by atoms with E-state index in [2.05, 4.69) is 10.3 Å². The standard InChI is InChI=1S/C16H22N2O6/c1-22-8-9-24-13-10-12(2-5-17-13)15(21)18-16(11-14(19)20)3-6-23-7-4-16/h2,5,10H,3-4,6-9,11H2,1H3,(H,18,21)(H,19,20). The average Bonchev–Trinajstić information content (AvgIpc) is 2.55. The number of methoxy groups -OCH3 is 1. The zero-order valence-corrected chi connectivity index (χ0v) is 13.6. The fourth-order valence-electron chi connectivity index (χ4n) is 2.57. The van der Waals surface area contributed by atoms with Crippen molar-refractivity contribution in [2.75, 3.05) is 33.5 Å². The van der Waals surface area contributed by atoms with E-state index in [1.807, 2.05) is 0 Å². The van der Waals surface area contributed by atoms with Gasteiger partial charge in [0.1, 0.15) is 6.61 Å². The van der Waals surface area contributed by atoms with Crippen LogP contribution < -0.4 is 10.1 Å². The van der Waals surface area contributed by atoms with Gasteiger partial charge < -0.3 is 24.6 Å². The maximum atomic E-state index is 12.5. The Kier molecular flexibility index (Phi) is 6.51. The highest BCUT2D eigenvalue weighted by Crippen LogP contribution is 2.25. The zero-order valence-electron chi connectivity index (χ0n) is 13.6. The molecule has 2 heterocycles. The number of hydrogen-bond donors (Lipinski definition) is 2. The number of carboxylic acids is 1. The number of pyridine rings is 1. The van der Waals surface area contributed by atoms with Gasteiger partial charge in [0, 0.05) is 38.2 Å². The Labute approximate surface area is 140 Å². The number of nitrogens with zero attached hydrogens (tertiary/aromatic N) is 1. The molecule has 1 amide bonds. The van der Waals surface area contributed by atoms with Gasteiger partial charge in [-0.25, -0.2) is 4.98 Å². The molecule has 1 aromatic heterocycles. The van der Waals surface area contributed by atoms with Crippen LogP contribution in [0.25, 0.3) is 0 Å². The highest BCUT2D eigenvalue weighted by Gasteiger charge is 2.36. The van der Waals surface area contributed by atoms with Crippen LogP contribution in [0.3, 0.4) is 0 Å². The molecule has 0 aliphatic carbocycles. The van der Waals surface area contributed by atoms with Crippen molar-refractivity contribution in [1.82, 2.24) is 10.3 Å². The number of nitrogens with one attached hydrogen (secondary N) is 1. The van der Waals surface area contributed by atoms with Crippen molar-refractivity contribution in [3.63, 3.8) is 0 Å².